The fourth-order valence-electron chi connectivity index (χ4n) is 4.31. The smallest absolute Gasteiger partial charge is 0.255 e. The van der Waals surface area contributed by atoms with Gasteiger partial charge in [-0.3, -0.25) is 9.10 Å². The van der Waals surface area contributed by atoms with Gasteiger partial charge in [-0.2, -0.15) is 0 Å². The molecule has 38 heavy (non-hydrogen) atoms. The molecule has 0 radical (unpaired) electrons. The molecule has 1 unspecified atom stereocenters. The first-order valence-corrected chi connectivity index (χ1v) is 13.9. The Morgan fingerprint density at radius 2 is 1.87 bits per heavy atom. The van der Waals surface area contributed by atoms with Gasteiger partial charge in [0.25, 0.3) is 5.91 Å². The minimum atomic E-state index is -3.75. The Labute approximate surface area is 220 Å². The molecule has 1 aromatic heterocycles. The lowest BCUT2D eigenvalue weighted by atomic mass is 10.0. The van der Waals surface area contributed by atoms with Gasteiger partial charge in [0.1, 0.15) is 17.2 Å². The normalized spacial score (nSPS) is 17.9. The number of rotatable bonds is 10. The number of amides is 1. The third kappa shape index (κ3) is 6.00. The van der Waals surface area contributed by atoms with Crippen LogP contribution >= 0.6 is 0 Å². The largest absolute Gasteiger partial charge is 0.455 e. The van der Waals surface area contributed by atoms with Crippen LogP contribution in [0.3, 0.4) is 0 Å². The van der Waals surface area contributed by atoms with Crippen molar-refractivity contribution in [2.45, 2.75) is 19.3 Å². The fourth-order valence-corrected chi connectivity index (χ4v) is 5.22. The molecule has 1 N–H and O–H groups in total. The monoisotopic (exact) mass is 550 g/mol. The Bertz CT molecular complexity index is 1390. The number of halogens is 1. The van der Waals surface area contributed by atoms with Crippen molar-refractivity contribution in [3.63, 3.8) is 0 Å². The van der Waals surface area contributed by atoms with E-state index in [0.717, 1.165) is 6.26 Å². The van der Waals surface area contributed by atoms with E-state index < -0.39 is 34.1 Å². The summed E-state index contributed by atoms with van der Waals surface area (Å²) in [5, 5.41) is 3.09. The molecular formula is C26H31FN2O8S. The summed E-state index contributed by atoms with van der Waals surface area (Å²) in [6.07, 6.45) is -0.343. The Kier molecular flexibility index (Phi) is 8.68. The van der Waals surface area contributed by atoms with Gasteiger partial charge in [0.05, 0.1) is 56.6 Å². The van der Waals surface area contributed by atoms with Gasteiger partial charge in [-0.05, 0) is 37.3 Å². The van der Waals surface area contributed by atoms with Crippen LogP contribution in [-0.2, 0) is 29.0 Å². The third-order valence-corrected chi connectivity index (χ3v) is 7.29. The number of sulfonamides is 1. The van der Waals surface area contributed by atoms with Gasteiger partial charge in [0, 0.05) is 36.7 Å². The van der Waals surface area contributed by atoms with Crippen LogP contribution in [0.5, 0.6) is 0 Å². The van der Waals surface area contributed by atoms with Gasteiger partial charge >= 0.3 is 0 Å². The number of methoxy groups -OCH3 is 1. The van der Waals surface area contributed by atoms with Crippen molar-refractivity contribution < 1.29 is 41.0 Å². The molecule has 0 fully saturated rings. The van der Waals surface area contributed by atoms with E-state index in [-0.39, 0.29) is 31.1 Å². The lowest BCUT2D eigenvalue weighted by molar-refractivity contribution is -0.166. The number of furan rings is 1. The van der Waals surface area contributed by atoms with Gasteiger partial charge in [-0.15, -0.1) is 0 Å². The third-order valence-electron chi connectivity index (χ3n) is 6.14. The van der Waals surface area contributed by atoms with Crippen molar-refractivity contribution in [1.82, 2.24) is 5.32 Å². The molecule has 1 aliphatic heterocycles. The number of hydrogen-bond donors (Lipinski definition) is 1. The second-order valence-corrected chi connectivity index (χ2v) is 10.7. The van der Waals surface area contributed by atoms with E-state index >= 15 is 0 Å². The number of benzene rings is 2. The average Bonchev–Trinajstić information content (AvgIpc) is 3.18. The van der Waals surface area contributed by atoms with Gasteiger partial charge < -0.3 is 28.7 Å². The first-order valence-electron chi connectivity index (χ1n) is 12.0. The van der Waals surface area contributed by atoms with Crippen LogP contribution < -0.4 is 9.62 Å². The number of carbonyl (C=O) groups excluding carboxylic acids is 1. The molecule has 12 heteroatoms. The SMILES string of the molecule is CNC(=O)c1c(-c2ccc(F)cc2)oc2cc3c(cc12)[C@H](C)OC(OCCOCCOC)CN3S(C)(=O)=O. The average molecular weight is 551 g/mol. The standard InChI is InChI=1S/C26H31FN2O8S/c1-16-19-13-20-22(37-25(24(20)26(30)28-2)17-5-7-18(27)8-6-17)14-21(19)29(38(4,31)32)15-23(36-16)35-12-11-34-10-9-33-3/h5-8,13-14,16,23H,9-12,15H2,1-4H3,(H,28,30)/t16-,23?/m0/s1. The van der Waals surface area contributed by atoms with Crippen molar-refractivity contribution in [2.75, 3.05) is 57.7 Å². The molecule has 1 aliphatic rings. The van der Waals surface area contributed by atoms with E-state index in [9.17, 15) is 17.6 Å². The molecule has 2 atom stereocenters. The van der Waals surface area contributed by atoms with E-state index in [1.807, 2.05) is 0 Å². The van der Waals surface area contributed by atoms with Crippen molar-refractivity contribution in [2.24, 2.45) is 0 Å². The maximum atomic E-state index is 13.5. The lowest BCUT2D eigenvalue weighted by Gasteiger charge is -2.25. The van der Waals surface area contributed by atoms with Crippen LogP contribution in [0.4, 0.5) is 10.1 Å². The summed E-state index contributed by atoms with van der Waals surface area (Å²) in [6.45, 7) is 3.04. The van der Waals surface area contributed by atoms with Crippen LogP contribution in [0.2, 0.25) is 0 Å². The molecule has 0 saturated carbocycles. The number of hydrogen-bond acceptors (Lipinski definition) is 8. The van der Waals surface area contributed by atoms with E-state index in [0.29, 0.717) is 41.0 Å². The maximum absolute atomic E-state index is 13.5. The first kappa shape index (κ1) is 28.0. The number of fused-ring (bicyclic) bond motifs is 2. The summed E-state index contributed by atoms with van der Waals surface area (Å²) < 4.78 is 68.8. The predicted molar refractivity (Wildman–Crippen MR) is 139 cm³/mol. The van der Waals surface area contributed by atoms with Crippen LogP contribution in [0.25, 0.3) is 22.3 Å². The number of carbonyl (C=O) groups is 1. The molecule has 2 heterocycles. The highest BCUT2D eigenvalue weighted by Crippen LogP contribution is 2.42. The summed E-state index contributed by atoms with van der Waals surface area (Å²) >= 11 is 0. The molecule has 0 spiro atoms. The Morgan fingerprint density at radius 3 is 2.53 bits per heavy atom. The topological polar surface area (TPSA) is 117 Å². The molecule has 4 rings (SSSR count). The van der Waals surface area contributed by atoms with Gasteiger partial charge in [-0.1, -0.05) is 0 Å². The van der Waals surface area contributed by atoms with Gasteiger partial charge in [-0.25, -0.2) is 12.8 Å². The van der Waals surface area contributed by atoms with Crippen molar-refractivity contribution in [3.8, 4) is 11.3 Å². The zero-order valence-electron chi connectivity index (χ0n) is 21.7. The number of ether oxygens (including phenoxy) is 4. The van der Waals surface area contributed by atoms with Crippen molar-refractivity contribution >= 4 is 32.6 Å². The zero-order chi connectivity index (χ0) is 27.4. The maximum Gasteiger partial charge on any atom is 0.255 e. The fraction of sp³-hybridized carbons (Fsp3) is 0.423. The van der Waals surface area contributed by atoms with Gasteiger partial charge in [0.2, 0.25) is 10.0 Å². The molecule has 0 bridgehead atoms. The molecule has 2 aromatic carbocycles. The minimum Gasteiger partial charge on any atom is -0.455 e. The molecule has 206 valence electrons. The molecule has 0 aliphatic carbocycles. The Balaban J connectivity index is 1.75. The Hall–Kier alpha value is -3.03. The predicted octanol–water partition coefficient (Wildman–Crippen LogP) is 3.46. The minimum absolute atomic E-state index is 0.0897. The lowest BCUT2D eigenvalue weighted by Crippen LogP contribution is -2.38. The summed E-state index contributed by atoms with van der Waals surface area (Å²) in [6, 6.07) is 8.86. The number of anilines is 1. The summed E-state index contributed by atoms with van der Waals surface area (Å²) in [7, 11) is -0.672. The van der Waals surface area contributed by atoms with Crippen molar-refractivity contribution in [3.05, 3.63) is 53.3 Å². The molecule has 1 amide bonds. The van der Waals surface area contributed by atoms with E-state index in [1.165, 1.54) is 35.6 Å². The Morgan fingerprint density at radius 1 is 1.16 bits per heavy atom. The summed E-state index contributed by atoms with van der Waals surface area (Å²) in [5.74, 6) is -0.584. The van der Waals surface area contributed by atoms with Crippen LogP contribution in [0.1, 0.15) is 28.9 Å². The van der Waals surface area contributed by atoms with Crippen LogP contribution in [0, 0.1) is 5.82 Å². The van der Waals surface area contributed by atoms with E-state index in [1.54, 1.807) is 26.2 Å². The van der Waals surface area contributed by atoms with Crippen molar-refractivity contribution in [1.29, 1.82) is 0 Å². The molecule has 10 nitrogen and oxygen atoms in total. The zero-order valence-corrected chi connectivity index (χ0v) is 22.5. The second-order valence-electron chi connectivity index (χ2n) is 8.78. The highest BCUT2D eigenvalue weighted by atomic mass is 32.2. The highest BCUT2D eigenvalue weighted by molar-refractivity contribution is 7.92. The highest BCUT2D eigenvalue weighted by Gasteiger charge is 2.34. The van der Waals surface area contributed by atoms with E-state index in [2.05, 4.69) is 5.32 Å². The van der Waals surface area contributed by atoms with Crippen LogP contribution in [-0.4, -0.2) is 74.0 Å². The summed E-state index contributed by atoms with van der Waals surface area (Å²) in [4.78, 5) is 12.9. The van der Waals surface area contributed by atoms with Gasteiger partial charge in [0.15, 0.2) is 6.29 Å². The summed E-state index contributed by atoms with van der Waals surface area (Å²) in [5.41, 5.74) is 1.95. The quantitative estimate of drug-likeness (QED) is 0.382. The first-order chi connectivity index (χ1) is 18.1. The second kappa shape index (κ2) is 11.8. The molecule has 0 saturated heterocycles. The number of nitrogens with one attached hydrogen (secondary N) is 1. The molecule has 3 aromatic rings. The van der Waals surface area contributed by atoms with Crippen LogP contribution in [0.15, 0.2) is 40.8 Å². The molecular weight excluding hydrogens is 519 g/mol. The number of nitrogens with zero attached hydrogens (tertiary/aromatic N) is 1. The van der Waals surface area contributed by atoms with E-state index in [4.69, 9.17) is 23.4 Å².